The summed E-state index contributed by atoms with van der Waals surface area (Å²) in [5, 5.41) is 3.10. The lowest BCUT2D eigenvalue weighted by Gasteiger charge is -2.32. The normalized spacial score (nSPS) is 12.4. The van der Waals surface area contributed by atoms with Crippen LogP contribution in [0.1, 0.15) is 44.2 Å². The molecule has 3 aromatic rings. The first kappa shape index (κ1) is 27.5. The third-order valence-electron chi connectivity index (χ3n) is 6.06. The Kier molecular flexibility index (Phi) is 11.0. The van der Waals surface area contributed by atoms with Crippen LogP contribution in [-0.4, -0.2) is 35.4 Å². The first-order valence-corrected chi connectivity index (χ1v) is 13.3. The predicted molar refractivity (Wildman–Crippen MR) is 148 cm³/mol. The first-order chi connectivity index (χ1) is 17.5. The van der Waals surface area contributed by atoms with Crippen LogP contribution < -0.4 is 10.1 Å². The van der Waals surface area contributed by atoms with Crippen molar-refractivity contribution in [3.05, 3.63) is 101 Å². The van der Waals surface area contributed by atoms with Gasteiger partial charge in [0.05, 0.1) is 6.61 Å². The van der Waals surface area contributed by atoms with Gasteiger partial charge in [-0.2, -0.15) is 0 Å². The van der Waals surface area contributed by atoms with Crippen LogP contribution in [0.15, 0.2) is 89.4 Å². The van der Waals surface area contributed by atoms with Gasteiger partial charge in [0.25, 0.3) is 0 Å². The van der Waals surface area contributed by atoms with E-state index in [1.807, 2.05) is 98.8 Å². The molecule has 0 radical (unpaired) electrons. The van der Waals surface area contributed by atoms with Crippen molar-refractivity contribution in [2.24, 2.45) is 0 Å². The molecule has 0 aliphatic rings. The summed E-state index contributed by atoms with van der Waals surface area (Å²) >= 11 is 3.53. The second kappa shape index (κ2) is 14.4. The third kappa shape index (κ3) is 8.83. The molecule has 0 spiro atoms. The largest absolute Gasteiger partial charge is 0.494 e. The number of carbonyl (C=O) groups is 2. The predicted octanol–water partition coefficient (Wildman–Crippen LogP) is 6.16. The van der Waals surface area contributed by atoms with Gasteiger partial charge in [-0.05, 0) is 55.2 Å². The average Bonchev–Trinajstić information content (AvgIpc) is 2.89. The highest BCUT2D eigenvalue weighted by atomic mass is 79.9. The molecule has 3 aromatic carbocycles. The summed E-state index contributed by atoms with van der Waals surface area (Å²) in [5.41, 5.74) is 1.98. The Morgan fingerprint density at radius 3 is 2.28 bits per heavy atom. The Balaban J connectivity index is 1.80. The van der Waals surface area contributed by atoms with Crippen molar-refractivity contribution in [2.75, 3.05) is 6.61 Å². The van der Waals surface area contributed by atoms with Gasteiger partial charge in [-0.3, -0.25) is 9.59 Å². The van der Waals surface area contributed by atoms with E-state index in [9.17, 15) is 9.59 Å². The fourth-order valence-corrected chi connectivity index (χ4v) is 4.35. The molecule has 0 aliphatic heterocycles. The molecule has 2 unspecified atom stereocenters. The molecule has 0 saturated heterocycles. The molecule has 2 atom stereocenters. The molecule has 0 aliphatic carbocycles. The molecule has 0 heterocycles. The second-order valence-electron chi connectivity index (χ2n) is 8.94. The Bertz CT molecular complexity index is 1090. The summed E-state index contributed by atoms with van der Waals surface area (Å²) in [6, 6.07) is 26.7. The van der Waals surface area contributed by atoms with E-state index in [-0.39, 0.29) is 17.9 Å². The van der Waals surface area contributed by atoms with Crippen LogP contribution in [0, 0.1) is 0 Å². The lowest BCUT2D eigenvalue weighted by atomic mass is 10.0. The molecule has 1 N–H and O–H groups in total. The number of hydrogen-bond donors (Lipinski definition) is 1. The van der Waals surface area contributed by atoms with Crippen molar-refractivity contribution in [2.45, 2.75) is 58.2 Å². The fourth-order valence-electron chi connectivity index (χ4n) is 3.90. The van der Waals surface area contributed by atoms with Crippen LogP contribution in [0.5, 0.6) is 5.75 Å². The molecule has 0 saturated carbocycles. The molecular formula is C30H35BrN2O3. The van der Waals surface area contributed by atoms with E-state index in [0.717, 1.165) is 27.8 Å². The minimum atomic E-state index is -0.622. The van der Waals surface area contributed by atoms with Crippen LogP contribution in [0.25, 0.3) is 0 Å². The van der Waals surface area contributed by atoms with Crippen molar-refractivity contribution < 1.29 is 14.3 Å². The Hall–Kier alpha value is -3.12. The van der Waals surface area contributed by atoms with Gasteiger partial charge in [0.2, 0.25) is 11.8 Å². The number of benzene rings is 3. The maximum atomic E-state index is 13.6. The van der Waals surface area contributed by atoms with Gasteiger partial charge in [0.1, 0.15) is 11.8 Å². The van der Waals surface area contributed by atoms with Gasteiger partial charge in [0.15, 0.2) is 0 Å². The number of nitrogens with zero attached hydrogens (tertiary/aromatic N) is 1. The highest BCUT2D eigenvalue weighted by Gasteiger charge is 2.30. The molecule has 2 amide bonds. The molecule has 190 valence electrons. The molecule has 3 rings (SSSR count). The molecule has 0 fully saturated rings. The molecule has 6 heteroatoms. The lowest BCUT2D eigenvalue weighted by molar-refractivity contribution is -0.141. The third-order valence-corrected chi connectivity index (χ3v) is 6.55. The van der Waals surface area contributed by atoms with Gasteiger partial charge in [-0.1, -0.05) is 83.5 Å². The number of para-hydroxylation sites is 1. The van der Waals surface area contributed by atoms with Gasteiger partial charge in [-0.25, -0.2) is 0 Å². The highest BCUT2D eigenvalue weighted by Crippen LogP contribution is 2.19. The number of ether oxygens (including phenoxy) is 1. The van der Waals surface area contributed by atoms with Crippen LogP contribution in [0.2, 0.25) is 0 Å². The maximum absolute atomic E-state index is 13.6. The minimum absolute atomic E-state index is 0.0258. The van der Waals surface area contributed by atoms with Gasteiger partial charge in [-0.15, -0.1) is 0 Å². The van der Waals surface area contributed by atoms with E-state index in [2.05, 4.69) is 21.2 Å². The summed E-state index contributed by atoms with van der Waals surface area (Å²) in [5.74, 6) is 0.592. The lowest BCUT2D eigenvalue weighted by Crippen LogP contribution is -2.52. The number of halogens is 1. The number of rotatable bonds is 13. The maximum Gasteiger partial charge on any atom is 0.243 e. The van der Waals surface area contributed by atoms with E-state index in [1.54, 1.807) is 4.90 Å². The summed E-state index contributed by atoms with van der Waals surface area (Å²) in [7, 11) is 0. The van der Waals surface area contributed by atoms with E-state index < -0.39 is 6.04 Å². The van der Waals surface area contributed by atoms with E-state index in [4.69, 9.17) is 4.74 Å². The van der Waals surface area contributed by atoms with Crippen LogP contribution in [0.3, 0.4) is 0 Å². The molecule has 5 nitrogen and oxygen atoms in total. The zero-order chi connectivity index (χ0) is 25.8. The quantitative estimate of drug-likeness (QED) is 0.259. The van der Waals surface area contributed by atoms with E-state index >= 15 is 0 Å². The monoisotopic (exact) mass is 550 g/mol. The summed E-state index contributed by atoms with van der Waals surface area (Å²) in [6.07, 6.45) is 2.13. The molecular weight excluding hydrogens is 516 g/mol. The van der Waals surface area contributed by atoms with E-state index in [0.29, 0.717) is 32.4 Å². The molecule has 0 aromatic heterocycles. The first-order valence-electron chi connectivity index (χ1n) is 12.5. The van der Waals surface area contributed by atoms with Crippen LogP contribution in [0.4, 0.5) is 0 Å². The number of amides is 2. The Labute approximate surface area is 223 Å². The van der Waals surface area contributed by atoms with Crippen molar-refractivity contribution in [3.63, 3.8) is 0 Å². The van der Waals surface area contributed by atoms with Gasteiger partial charge >= 0.3 is 0 Å². The molecule has 36 heavy (non-hydrogen) atoms. The number of hydrogen-bond acceptors (Lipinski definition) is 3. The van der Waals surface area contributed by atoms with Gasteiger partial charge < -0.3 is 15.0 Å². The number of nitrogens with one attached hydrogen (secondary N) is 1. The smallest absolute Gasteiger partial charge is 0.243 e. The van der Waals surface area contributed by atoms with Crippen molar-refractivity contribution in [1.29, 1.82) is 0 Å². The standard InChI is InChI=1S/C30H35BrN2O3/c1-3-23(2)32-30(35)28(21-24-12-6-4-7-13-24)33(22-25-14-10-15-26(31)20-25)29(34)18-11-19-36-27-16-8-5-9-17-27/h4-10,12-17,20,23,28H,3,11,18-19,21-22H2,1-2H3,(H,32,35). The van der Waals surface area contributed by atoms with Crippen LogP contribution in [-0.2, 0) is 22.6 Å². The van der Waals surface area contributed by atoms with Crippen molar-refractivity contribution in [3.8, 4) is 5.75 Å². The fraction of sp³-hybridized carbons (Fsp3) is 0.333. The van der Waals surface area contributed by atoms with Crippen molar-refractivity contribution in [1.82, 2.24) is 10.2 Å². The molecule has 0 bridgehead atoms. The zero-order valence-corrected chi connectivity index (χ0v) is 22.6. The SMILES string of the molecule is CCC(C)NC(=O)C(Cc1ccccc1)N(Cc1cccc(Br)c1)C(=O)CCCOc1ccccc1. The zero-order valence-electron chi connectivity index (χ0n) is 21.0. The highest BCUT2D eigenvalue weighted by molar-refractivity contribution is 9.10. The topological polar surface area (TPSA) is 58.6 Å². The summed E-state index contributed by atoms with van der Waals surface area (Å²) < 4.78 is 6.72. The summed E-state index contributed by atoms with van der Waals surface area (Å²) in [4.78, 5) is 28.8. The Morgan fingerprint density at radius 1 is 0.944 bits per heavy atom. The number of carbonyl (C=O) groups excluding carboxylic acids is 2. The average molecular weight is 552 g/mol. The Morgan fingerprint density at radius 2 is 1.61 bits per heavy atom. The summed E-state index contributed by atoms with van der Waals surface area (Å²) in [6.45, 7) is 4.80. The van der Waals surface area contributed by atoms with E-state index in [1.165, 1.54) is 0 Å². The van der Waals surface area contributed by atoms with Crippen molar-refractivity contribution >= 4 is 27.7 Å². The van der Waals surface area contributed by atoms with Gasteiger partial charge in [0, 0.05) is 29.9 Å². The van der Waals surface area contributed by atoms with Crippen LogP contribution >= 0.6 is 15.9 Å². The second-order valence-corrected chi connectivity index (χ2v) is 9.86. The minimum Gasteiger partial charge on any atom is -0.494 e.